The van der Waals surface area contributed by atoms with Crippen molar-refractivity contribution in [3.8, 4) is 22.5 Å². The van der Waals surface area contributed by atoms with Crippen LogP contribution in [-0.4, -0.2) is 52.4 Å². The van der Waals surface area contributed by atoms with Crippen molar-refractivity contribution in [2.75, 3.05) is 5.23 Å². The van der Waals surface area contributed by atoms with Gasteiger partial charge in [-0.1, -0.05) is 30.3 Å². The van der Waals surface area contributed by atoms with Gasteiger partial charge in [-0.3, -0.25) is 45.6 Å². The fraction of sp³-hybridized carbons (Fsp3) is 0.171. The number of esters is 2. The van der Waals surface area contributed by atoms with Gasteiger partial charge < -0.3 is 18.9 Å². The second-order valence-electron chi connectivity index (χ2n) is 13.1. The molecule has 0 spiro atoms. The fourth-order valence-corrected chi connectivity index (χ4v) is 7.91. The highest BCUT2D eigenvalue weighted by Gasteiger charge is 2.54. The molecule has 0 bridgehead atoms. The first-order valence-electron chi connectivity index (χ1n) is 16.6. The van der Waals surface area contributed by atoms with Gasteiger partial charge in [0.1, 0.15) is 18.0 Å². The average molecular weight is 764 g/mol. The third kappa shape index (κ3) is 4.51. The number of pyridine rings is 2. The summed E-state index contributed by atoms with van der Waals surface area (Å²) in [6.45, 7) is 1.16. The van der Waals surface area contributed by atoms with Gasteiger partial charge in [-0.15, -0.1) is 5.23 Å². The van der Waals surface area contributed by atoms with E-state index >= 15 is 0 Å². The van der Waals surface area contributed by atoms with Gasteiger partial charge in [-0.2, -0.15) is 0 Å². The van der Waals surface area contributed by atoms with Crippen molar-refractivity contribution in [3.05, 3.63) is 129 Å². The van der Waals surface area contributed by atoms with Gasteiger partial charge in [0.25, 0.3) is 28.7 Å². The minimum absolute atomic E-state index is 0.00502. The molecule has 9 rings (SSSR count). The van der Waals surface area contributed by atoms with E-state index in [0.29, 0.717) is 29.0 Å². The fourth-order valence-electron chi connectivity index (χ4n) is 7.91. The van der Waals surface area contributed by atoms with Crippen LogP contribution in [0, 0.1) is 30.3 Å². The summed E-state index contributed by atoms with van der Waals surface area (Å²) in [6.07, 6.45) is -2.51. The number of nitro groups is 3. The van der Waals surface area contributed by atoms with Gasteiger partial charge in [-0.25, -0.2) is 14.6 Å². The van der Waals surface area contributed by atoms with Crippen molar-refractivity contribution in [2.24, 2.45) is 5.16 Å². The standard InChI is InChI=1S/C35H21N7O14/c1-2-35(19-10-24-29-15(7-14-5-3-4-6-20(14)36-29)12-38(24)32(43)18(19)13-54-34(35)45)55-33(44)31-27-23(42(52)53)11-22(41(50)51)26-25-17(30(28(26)27)37-56-31)8-16(39(46)47)9-21(25)40(48)49/h3-11,31,48-49H,2,12-13H2,1H3/t31-,35+/m1/s1. The molecule has 0 radical (unpaired) electrons. The van der Waals surface area contributed by atoms with E-state index in [1.165, 1.54) is 17.6 Å². The number of carbonyl (C=O) groups excluding carboxylic acids is 2. The zero-order valence-electron chi connectivity index (χ0n) is 28.3. The van der Waals surface area contributed by atoms with Crippen molar-refractivity contribution in [2.45, 2.75) is 38.2 Å². The van der Waals surface area contributed by atoms with E-state index in [1.807, 2.05) is 18.2 Å². The normalized spacial score (nSPS) is 18.0. The number of carbonyl (C=O) groups is 2. The van der Waals surface area contributed by atoms with Crippen LogP contribution in [-0.2, 0) is 42.7 Å². The molecule has 3 aliphatic heterocycles. The summed E-state index contributed by atoms with van der Waals surface area (Å²) in [6, 6.07) is 12.8. The maximum atomic E-state index is 14.4. The lowest BCUT2D eigenvalue weighted by atomic mass is 9.85. The van der Waals surface area contributed by atoms with Gasteiger partial charge in [0.2, 0.25) is 5.60 Å². The van der Waals surface area contributed by atoms with Crippen molar-refractivity contribution < 1.29 is 49.1 Å². The van der Waals surface area contributed by atoms with E-state index in [1.54, 1.807) is 12.1 Å². The molecule has 0 saturated heterocycles. The number of aromatic nitrogens is 2. The number of nitro benzene ring substituents is 3. The molecule has 21 nitrogen and oxygen atoms in total. The Morgan fingerprint density at radius 2 is 1.75 bits per heavy atom. The molecule has 56 heavy (non-hydrogen) atoms. The molecule has 21 heteroatoms. The van der Waals surface area contributed by atoms with Crippen molar-refractivity contribution >= 4 is 51.3 Å². The van der Waals surface area contributed by atoms with Crippen LogP contribution in [0.2, 0.25) is 0 Å². The van der Waals surface area contributed by atoms with Crippen molar-refractivity contribution in [1.82, 2.24) is 9.55 Å². The molecule has 1 aliphatic carbocycles. The summed E-state index contributed by atoms with van der Waals surface area (Å²) < 4.78 is 12.8. The van der Waals surface area contributed by atoms with Crippen LogP contribution in [0.4, 0.5) is 22.7 Å². The third-order valence-corrected chi connectivity index (χ3v) is 10.4. The lowest BCUT2D eigenvalue weighted by molar-refractivity contribution is -0.394. The second-order valence-corrected chi connectivity index (χ2v) is 13.1. The number of ether oxygens (including phenoxy) is 2. The Hall–Kier alpha value is -7.65. The molecule has 4 aliphatic rings. The van der Waals surface area contributed by atoms with Crippen LogP contribution in [0.5, 0.6) is 0 Å². The highest BCUT2D eigenvalue weighted by molar-refractivity contribution is 6.29. The number of anilines is 1. The maximum Gasteiger partial charge on any atom is 0.356 e. The molecule has 2 atom stereocenters. The Labute approximate surface area is 309 Å². The van der Waals surface area contributed by atoms with E-state index in [4.69, 9.17) is 19.3 Å². The molecule has 2 aromatic heterocycles. The zero-order chi connectivity index (χ0) is 39.5. The molecule has 5 aromatic rings. The Balaban J connectivity index is 1.21. The number of hydrogen-bond donors (Lipinski definition) is 2. The van der Waals surface area contributed by atoms with Crippen LogP contribution in [0.25, 0.3) is 33.4 Å². The molecule has 280 valence electrons. The first-order chi connectivity index (χ1) is 26.7. The number of benzene rings is 3. The maximum absolute atomic E-state index is 14.4. The van der Waals surface area contributed by atoms with Crippen molar-refractivity contribution in [3.63, 3.8) is 0 Å². The van der Waals surface area contributed by atoms with Crippen LogP contribution in [0.3, 0.4) is 0 Å². The van der Waals surface area contributed by atoms with Gasteiger partial charge in [-0.05, 0) is 24.6 Å². The molecule has 3 aromatic carbocycles. The molecule has 5 heterocycles. The van der Waals surface area contributed by atoms with Gasteiger partial charge in [0, 0.05) is 45.3 Å². The lowest BCUT2D eigenvalue weighted by Crippen LogP contribution is -2.48. The average Bonchev–Trinajstić information content (AvgIpc) is 3.70. The summed E-state index contributed by atoms with van der Waals surface area (Å²) in [4.78, 5) is 86.2. The quantitative estimate of drug-likeness (QED) is 0.129. The lowest BCUT2D eigenvalue weighted by Gasteiger charge is -2.36. The molecule has 0 fully saturated rings. The van der Waals surface area contributed by atoms with Crippen molar-refractivity contribution in [1.29, 1.82) is 0 Å². The summed E-state index contributed by atoms with van der Waals surface area (Å²) >= 11 is 0. The number of hydrogen-bond acceptors (Lipinski definition) is 17. The number of nitrogens with zero attached hydrogens (tertiary/aromatic N) is 7. The van der Waals surface area contributed by atoms with Crippen LogP contribution >= 0.6 is 0 Å². The molecule has 0 saturated carbocycles. The van der Waals surface area contributed by atoms with Gasteiger partial charge in [0.05, 0.1) is 61.0 Å². The van der Waals surface area contributed by atoms with Crippen LogP contribution in [0.15, 0.2) is 64.5 Å². The molecule has 0 amide bonds. The molecule has 2 N–H and O–H groups in total. The Morgan fingerprint density at radius 1 is 1.00 bits per heavy atom. The molecule has 0 unspecified atom stereocenters. The van der Waals surface area contributed by atoms with E-state index in [-0.39, 0.29) is 29.7 Å². The van der Waals surface area contributed by atoms with Crippen LogP contribution in [0.1, 0.15) is 52.8 Å². The number of non-ortho nitro benzene ring substituents is 1. The Morgan fingerprint density at radius 3 is 2.45 bits per heavy atom. The number of fused-ring (bicyclic) bond motifs is 8. The van der Waals surface area contributed by atoms with Gasteiger partial charge in [0.15, 0.2) is 0 Å². The number of oxime groups is 1. The first-order valence-corrected chi connectivity index (χ1v) is 16.6. The monoisotopic (exact) mass is 763 g/mol. The minimum Gasteiger partial charge on any atom is -0.457 e. The highest BCUT2D eigenvalue weighted by Crippen LogP contribution is 2.55. The van der Waals surface area contributed by atoms with Crippen LogP contribution < -0.4 is 10.8 Å². The summed E-state index contributed by atoms with van der Waals surface area (Å²) in [7, 11) is 0. The first kappa shape index (κ1) is 34.1. The van der Waals surface area contributed by atoms with E-state index in [0.717, 1.165) is 17.0 Å². The summed E-state index contributed by atoms with van der Waals surface area (Å²) in [5, 5.41) is 61.0. The zero-order valence-corrected chi connectivity index (χ0v) is 28.3. The summed E-state index contributed by atoms with van der Waals surface area (Å²) in [5.74, 6) is -2.54. The highest BCUT2D eigenvalue weighted by atomic mass is 16.8. The second kappa shape index (κ2) is 11.7. The molecular formula is C35H21N7O14. The largest absolute Gasteiger partial charge is 0.457 e. The summed E-state index contributed by atoms with van der Waals surface area (Å²) in [5.41, 5.74) is -6.96. The Kier molecular flexibility index (Phi) is 7.12. The van der Waals surface area contributed by atoms with E-state index < -0.39 is 107 Å². The number of cyclic esters (lactones) is 1. The minimum atomic E-state index is -2.32. The predicted octanol–water partition coefficient (Wildman–Crippen LogP) is 4.44. The molecular weight excluding hydrogens is 742 g/mol. The smallest absolute Gasteiger partial charge is 0.356 e. The number of rotatable bonds is 7. The third-order valence-electron chi connectivity index (χ3n) is 10.4. The number of para-hydroxylation sites is 1. The van der Waals surface area contributed by atoms with E-state index in [9.17, 15) is 55.1 Å². The SMILES string of the molecule is CC[C@@]1(OC(=O)[C@@H]2ON=C3c4cc([N+](=O)[O-])cc(N(O)O)c4-c4c([N+](=O)[O-])cc([N+](=O)[O-])c2c43)C(=O)OCc2c1cc1n(c2=O)Cc2cc3ccccc3nc2-1. The predicted molar refractivity (Wildman–Crippen MR) is 186 cm³/mol. The Bertz CT molecular complexity index is 2830. The van der Waals surface area contributed by atoms with E-state index in [2.05, 4.69) is 5.16 Å². The topological polar surface area (TPSA) is 282 Å². The van der Waals surface area contributed by atoms with Gasteiger partial charge >= 0.3 is 11.9 Å².